The Morgan fingerprint density at radius 1 is 1.35 bits per heavy atom. The predicted octanol–water partition coefficient (Wildman–Crippen LogP) is 3.42. The molecule has 0 saturated carbocycles. The fraction of sp³-hybridized carbons (Fsp3) is 0.538. The molecule has 2 aromatic rings. The number of nitrogen functional groups attached to an aromatic ring is 1. The Bertz CT molecular complexity index is 517. The van der Waals surface area contributed by atoms with Gasteiger partial charge in [-0.2, -0.15) is 0 Å². The molecule has 0 unspecified atom stereocenters. The fourth-order valence-electron chi connectivity index (χ4n) is 1.74. The minimum atomic E-state index is 0.629. The van der Waals surface area contributed by atoms with Gasteiger partial charge in [0.05, 0.1) is 5.39 Å². The van der Waals surface area contributed by atoms with E-state index >= 15 is 0 Å². The van der Waals surface area contributed by atoms with E-state index < -0.39 is 0 Å². The molecule has 3 nitrogen and oxygen atoms in total. The second-order valence-corrected chi connectivity index (χ2v) is 5.86. The molecule has 0 aliphatic rings. The quantitative estimate of drug-likeness (QED) is 0.903. The van der Waals surface area contributed by atoms with Gasteiger partial charge in [-0.3, -0.25) is 0 Å². The average molecular weight is 249 g/mol. The summed E-state index contributed by atoms with van der Waals surface area (Å²) in [5, 5.41) is 1.01. The van der Waals surface area contributed by atoms with Crippen LogP contribution in [0.25, 0.3) is 10.2 Å². The van der Waals surface area contributed by atoms with Crippen LogP contribution in [0.3, 0.4) is 0 Å². The predicted molar refractivity (Wildman–Crippen MR) is 74.4 cm³/mol. The fourth-order valence-corrected chi connectivity index (χ4v) is 2.74. The molecule has 2 aromatic heterocycles. The van der Waals surface area contributed by atoms with Crippen LogP contribution in [0.4, 0.5) is 5.82 Å². The smallest absolute Gasteiger partial charge is 0.135 e. The number of nitrogens with two attached hydrogens (primary N) is 1. The number of hydrogen-bond donors (Lipinski definition) is 1. The zero-order chi connectivity index (χ0) is 12.4. The minimum absolute atomic E-state index is 0.629. The summed E-state index contributed by atoms with van der Waals surface area (Å²) in [6.45, 7) is 6.57. The van der Waals surface area contributed by atoms with E-state index in [1.165, 1.54) is 4.88 Å². The van der Waals surface area contributed by atoms with Crippen molar-refractivity contribution < 1.29 is 0 Å². The van der Waals surface area contributed by atoms with Crippen molar-refractivity contribution in [3.8, 4) is 0 Å². The van der Waals surface area contributed by atoms with Crippen molar-refractivity contribution >= 4 is 27.4 Å². The number of nitrogens with zero attached hydrogens (tertiary/aromatic N) is 2. The van der Waals surface area contributed by atoms with Gasteiger partial charge in [0.2, 0.25) is 0 Å². The highest BCUT2D eigenvalue weighted by atomic mass is 32.1. The Morgan fingerprint density at radius 2 is 2.12 bits per heavy atom. The molecule has 92 valence electrons. The van der Waals surface area contributed by atoms with Crippen LogP contribution in [0.1, 0.15) is 37.9 Å². The molecule has 2 rings (SSSR count). The van der Waals surface area contributed by atoms with Gasteiger partial charge in [-0.1, -0.05) is 20.8 Å². The summed E-state index contributed by atoms with van der Waals surface area (Å²) in [6.07, 6.45) is 3.05. The Hall–Kier alpha value is -1.16. The third-order valence-corrected chi connectivity index (χ3v) is 3.99. The minimum Gasteiger partial charge on any atom is -0.383 e. The first-order valence-electron chi connectivity index (χ1n) is 6.15. The van der Waals surface area contributed by atoms with Gasteiger partial charge in [-0.05, 0) is 24.8 Å². The zero-order valence-corrected chi connectivity index (χ0v) is 11.5. The Labute approximate surface area is 106 Å². The van der Waals surface area contributed by atoms with E-state index in [0.717, 1.165) is 35.3 Å². The van der Waals surface area contributed by atoms with Gasteiger partial charge in [0.25, 0.3) is 0 Å². The largest absolute Gasteiger partial charge is 0.383 e. The molecule has 0 aromatic carbocycles. The third kappa shape index (κ3) is 2.75. The summed E-state index contributed by atoms with van der Waals surface area (Å²) in [4.78, 5) is 11.4. The van der Waals surface area contributed by atoms with E-state index in [2.05, 4.69) is 36.8 Å². The van der Waals surface area contributed by atoms with Crippen LogP contribution in [-0.2, 0) is 12.8 Å². The number of aryl methyl sites for hydroxylation is 2. The number of fused-ring (bicyclic) bond motifs is 1. The van der Waals surface area contributed by atoms with Crippen molar-refractivity contribution in [1.29, 1.82) is 0 Å². The molecule has 0 fully saturated rings. The topological polar surface area (TPSA) is 51.8 Å². The Morgan fingerprint density at radius 3 is 2.76 bits per heavy atom. The van der Waals surface area contributed by atoms with Gasteiger partial charge in [0.1, 0.15) is 16.5 Å². The van der Waals surface area contributed by atoms with Gasteiger partial charge in [-0.25, -0.2) is 9.97 Å². The van der Waals surface area contributed by atoms with E-state index in [-0.39, 0.29) is 0 Å². The number of aromatic nitrogens is 2. The first-order chi connectivity index (χ1) is 8.10. The molecule has 4 heteroatoms. The second-order valence-electron chi connectivity index (χ2n) is 4.74. The summed E-state index contributed by atoms with van der Waals surface area (Å²) < 4.78 is 0. The molecule has 0 atom stereocenters. The molecule has 17 heavy (non-hydrogen) atoms. The maximum atomic E-state index is 5.99. The van der Waals surface area contributed by atoms with Crippen LogP contribution in [0.2, 0.25) is 0 Å². The van der Waals surface area contributed by atoms with Crippen molar-refractivity contribution in [2.24, 2.45) is 5.92 Å². The standard InChI is InChI=1S/C13H19N3S/c1-4-9-7-10-12(14)15-11(6-5-8(2)3)16-13(10)17-9/h7-8H,4-6H2,1-3H3,(H2,14,15,16). The van der Waals surface area contributed by atoms with E-state index in [4.69, 9.17) is 5.73 Å². The Kier molecular flexibility index (Phi) is 3.62. The van der Waals surface area contributed by atoms with Crippen molar-refractivity contribution in [2.45, 2.75) is 40.0 Å². The van der Waals surface area contributed by atoms with Crippen LogP contribution in [0.15, 0.2) is 6.07 Å². The number of rotatable bonds is 4. The lowest BCUT2D eigenvalue weighted by Gasteiger charge is -2.04. The Balaban J connectivity index is 2.33. The van der Waals surface area contributed by atoms with Gasteiger partial charge in [-0.15, -0.1) is 11.3 Å². The summed E-state index contributed by atoms with van der Waals surface area (Å²) in [7, 11) is 0. The van der Waals surface area contributed by atoms with Gasteiger partial charge >= 0.3 is 0 Å². The molecule has 0 aliphatic carbocycles. The number of thiophene rings is 1. The summed E-state index contributed by atoms with van der Waals surface area (Å²) in [5.74, 6) is 2.18. The van der Waals surface area contributed by atoms with Gasteiger partial charge in [0.15, 0.2) is 0 Å². The molecule has 2 heterocycles. The lowest BCUT2D eigenvalue weighted by Crippen LogP contribution is -2.01. The van der Waals surface area contributed by atoms with E-state index in [1.807, 2.05) is 0 Å². The summed E-state index contributed by atoms with van der Waals surface area (Å²) in [6, 6.07) is 2.11. The second kappa shape index (κ2) is 5.00. The van der Waals surface area contributed by atoms with Crippen LogP contribution in [-0.4, -0.2) is 9.97 Å². The molecule has 0 bridgehead atoms. The first-order valence-corrected chi connectivity index (χ1v) is 6.96. The maximum Gasteiger partial charge on any atom is 0.135 e. The highest BCUT2D eigenvalue weighted by Crippen LogP contribution is 2.28. The molecule has 0 spiro atoms. The van der Waals surface area contributed by atoms with Crippen LogP contribution < -0.4 is 5.73 Å². The highest BCUT2D eigenvalue weighted by molar-refractivity contribution is 7.18. The highest BCUT2D eigenvalue weighted by Gasteiger charge is 2.09. The monoisotopic (exact) mass is 249 g/mol. The first kappa shape index (κ1) is 12.3. The van der Waals surface area contributed by atoms with Crippen LogP contribution in [0, 0.1) is 5.92 Å². The third-order valence-electron chi connectivity index (χ3n) is 2.81. The molecule has 0 saturated heterocycles. The van der Waals surface area contributed by atoms with Crippen molar-refractivity contribution in [2.75, 3.05) is 5.73 Å². The molecular weight excluding hydrogens is 230 g/mol. The van der Waals surface area contributed by atoms with E-state index in [1.54, 1.807) is 11.3 Å². The van der Waals surface area contributed by atoms with E-state index in [0.29, 0.717) is 11.7 Å². The van der Waals surface area contributed by atoms with Crippen LogP contribution >= 0.6 is 11.3 Å². The van der Waals surface area contributed by atoms with Crippen molar-refractivity contribution in [3.05, 3.63) is 16.8 Å². The normalized spacial score (nSPS) is 11.5. The number of anilines is 1. The molecule has 0 radical (unpaired) electrons. The molecule has 0 aliphatic heterocycles. The zero-order valence-electron chi connectivity index (χ0n) is 10.7. The summed E-state index contributed by atoms with van der Waals surface area (Å²) in [5.41, 5.74) is 5.99. The summed E-state index contributed by atoms with van der Waals surface area (Å²) >= 11 is 1.73. The van der Waals surface area contributed by atoms with Crippen LogP contribution in [0.5, 0.6) is 0 Å². The van der Waals surface area contributed by atoms with Crippen molar-refractivity contribution in [1.82, 2.24) is 9.97 Å². The SMILES string of the molecule is CCc1cc2c(N)nc(CCC(C)C)nc2s1. The van der Waals surface area contributed by atoms with E-state index in [9.17, 15) is 0 Å². The molecular formula is C13H19N3S. The maximum absolute atomic E-state index is 5.99. The van der Waals surface area contributed by atoms with Crippen molar-refractivity contribution in [3.63, 3.8) is 0 Å². The average Bonchev–Trinajstić information content (AvgIpc) is 2.70. The number of hydrogen-bond acceptors (Lipinski definition) is 4. The molecule has 0 amide bonds. The van der Waals surface area contributed by atoms with Gasteiger partial charge in [0, 0.05) is 11.3 Å². The lowest BCUT2D eigenvalue weighted by atomic mass is 10.1. The molecule has 2 N–H and O–H groups in total. The lowest BCUT2D eigenvalue weighted by molar-refractivity contribution is 0.576. The van der Waals surface area contributed by atoms with Gasteiger partial charge < -0.3 is 5.73 Å².